The van der Waals surface area contributed by atoms with Crippen LogP contribution in [-0.2, 0) is 4.79 Å². The fourth-order valence-electron chi connectivity index (χ4n) is 1.65. The lowest BCUT2D eigenvalue weighted by molar-refractivity contribution is -0.115. The SMILES string of the molecule is CCNCC(=O)Nc1ccc(C(=O)NC2CC2)cc1. The molecule has 0 aromatic heterocycles. The molecule has 2 amide bonds. The molecular formula is C14H19N3O2. The minimum absolute atomic E-state index is 0.0481. The molecule has 0 spiro atoms. The second kappa shape index (κ2) is 6.33. The first-order valence-corrected chi connectivity index (χ1v) is 6.60. The van der Waals surface area contributed by atoms with E-state index in [1.54, 1.807) is 24.3 Å². The van der Waals surface area contributed by atoms with Crippen LogP contribution in [0.1, 0.15) is 30.1 Å². The molecule has 0 atom stereocenters. The summed E-state index contributed by atoms with van der Waals surface area (Å²) < 4.78 is 0. The van der Waals surface area contributed by atoms with Gasteiger partial charge < -0.3 is 16.0 Å². The zero-order chi connectivity index (χ0) is 13.7. The molecule has 19 heavy (non-hydrogen) atoms. The Morgan fingerprint density at radius 1 is 1.21 bits per heavy atom. The third-order valence-corrected chi connectivity index (χ3v) is 2.88. The summed E-state index contributed by atoms with van der Waals surface area (Å²) in [5.41, 5.74) is 1.32. The van der Waals surface area contributed by atoms with Crippen LogP contribution in [0.2, 0.25) is 0 Å². The van der Waals surface area contributed by atoms with Gasteiger partial charge in [-0.15, -0.1) is 0 Å². The second-order valence-corrected chi connectivity index (χ2v) is 4.65. The van der Waals surface area contributed by atoms with Crippen LogP contribution >= 0.6 is 0 Å². The van der Waals surface area contributed by atoms with Crippen LogP contribution in [0.25, 0.3) is 0 Å². The number of rotatable bonds is 6. The van der Waals surface area contributed by atoms with Gasteiger partial charge in [-0.25, -0.2) is 0 Å². The van der Waals surface area contributed by atoms with Crippen molar-refractivity contribution in [2.24, 2.45) is 0 Å². The van der Waals surface area contributed by atoms with Crippen LogP contribution < -0.4 is 16.0 Å². The minimum Gasteiger partial charge on any atom is -0.349 e. The highest BCUT2D eigenvalue weighted by Gasteiger charge is 2.23. The molecule has 1 aromatic rings. The van der Waals surface area contributed by atoms with Gasteiger partial charge in [0.1, 0.15) is 0 Å². The van der Waals surface area contributed by atoms with Crippen LogP contribution in [0.3, 0.4) is 0 Å². The number of hydrogen-bond acceptors (Lipinski definition) is 3. The molecule has 0 saturated heterocycles. The van der Waals surface area contributed by atoms with Crippen molar-refractivity contribution in [3.8, 4) is 0 Å². The number of carbonyl (C=O) groups is 2. The summed E-state index contributed by atoms with van der Waals surface area (Å²) in [6.45, 7) is 2.99. The Kier molecular flexibility index (Phi) is 4.52. The lowest BCUT2D eigenvalue weighted by atomic mass is 10.2. The summed E-state index contributed by atoms with van der Waals surface area (Å²) in [5.74, 6) is -0.134. The normalized spacial score (nSPS) is 13.9. The van der Waals surface area contributed by atoms with Crippen LogP contribution in [-0.4, -0.2) is 30.9 Å². The maximum absolute atomic E-state index is 11.8. The van der Waals surface area contributed by atoms with Gasteiger partial charge in [-0.3, -0.25) is 9.59 Å². The average Bonchev–Trinajstić information content (AvgIpc) is 3.21. The zero-order valence-electron chi connectivity index (χ0n) is 11.0. The fourth-order valence-corrected chi connectivity index (χ4v) is 1.65. The van der Waals surface area contributed by atoms with Gasteiger partial charge >= 0.3 is 0 Å². The Labute approximate surface area is 112 Å². The maximum atomic E-state index is 11.8. The summed E-state index contributed by atoms with van der Waals surface area (Å²) in [7, 11) is 0. The highest BCUT2D eigenvalue weighted by atomic mass is 16.2. The fraction of sp³-hybridized carbons (Fsp3) is 0.429. The van der Waals surface area contributed by atoms with Crippen molar-refractivity contribution in [2.45, 2.75) is 25.8 Å². The van der Waals surface area contributed by atoms with Crippen LogP contribution in [0.15, 0.2) is 24.3 Å². The van der Waals surface area contributed by atoms with Gasteiger partial charge in [0.05, 0.1) is 6.54 Å². The number of nitrogens with one attached hydrogen (secondary N) is 3. The van der Waals surface area contributed by atoms with Crippen molar-refractivity contribution in [1.82, 2.24) is 10.6 Å². The Bertz CT molecular complexity index is 452. The first-order chi connectivity index (χ1) is 9.19. The van der Waals surface area contributed by atoms with Crippen LogP contribution in [0.4, 0.5) is 5.69 Å². The van der Waals surface area contributed by atoms with Crippen LogP contribution in [0.5, 0.6) is 0 Å². The Balaban J connectivity index is 1.86. The molecule has 1 aromatic carbocycles. The van der Waals surface area contributed by atoms with Gasteiger partial charge in [0.15, 0.2) is 0 Å². The summed E-state index contributed by atoms with van der Waals surface area (Å²) in [4.78, 5) is 23.3. The number of carbonyl (C=O) groups excluding carboxylic acids is 2. The van der Waals surface area contributed by atoms with Crippen molar-refractivity contribution < 1.29 is 9.59 Å². The lowest BCUT2D eigenvalue weighted by Crippen LogP contribution is -2.28. The van der Waals surface area contributed by atoms with E-state index in [4.69, 9.17) is 0 Å². The summed E-state index contributed by atoms with van der Waals surface area (Å²) in [6.07, 6.45) is 2.15. The first kappa shape index (κ1) is 13.5. The van der Waals surface area contributed by atoms with Gasteiger partial charge in [-0.2, -0.15) is 0 Å². The predicted octanol–water partition coefficient (Wildman–Crippen LogP) is 1.13. The summed E-state index contributed by atoms with van der Waals surface area (Å²) >= 11 is 0. The first-order valence-electron chi connectivity index (χ1n) is 6.60. The summed E-state index contributed by atoms with van der Waals surface area (Å²) in [6, 6.07) is 7.28. The molecular weight excluding hydrogens is 242 g/mol. The lowest BCUT2D eigenvalue weighted by Gasteiger charge is -2.07. The standard InChI is InChI=1S/C14H19N3O2/c1-2-15-9-13(18)16-11-5-3-10(4-6-11)14(19)17-12-7-8-12/h3-6,12,15H,2,7-9H2,1H3,(H,16,18)(H,17,19). The van der Waals surface area contributed by atoms with Crippen molar-refractivity contribution in [3.63, 3.8) is 0 Å². The summed E-state index contributed by atoms with van der Waals surface area (Å²) in [5, 5.41) is 8.64. The van der Waals surface area contributed by atoms with Crippen molar-refractivity contribution in [3.05, 3.63) is 29.8 Å². The highest BCUT2D eigenvalue weighted by molar-refractivity contribution is 5.96. The maximum Gasteiger partial charge on any atom is 0.251 e. The highest BCUT2D eigenvalue weighted by Crippen LogP contribution is 2.19. The molecule has 0 bridgehead atoms. The predicted molar refractivity (Wildman–Crippen MR) is 74.1 cm³/mol. The van der Waals surface area contributed by atoms with Gasteiger partial charge in [0, 0.05) is 17.3 Å². The van der Waals surface area contributed by atoms with E-state index in [9.17, 15) is 9.59 Å². The number of amides is 2. The Morgan fingerprint density at radius 3 is 2.47 bits per heavy atom. The van der Waals surface area contributed by atoms with E-state index in [2.05, 4.69) is 16.0 Å². The smallest absolute Gasteiger partial charge is 0.251 e. The quantitative estimate of drug-likeness (QED) is 0.719. The zero-order valence-corrected chi connectivity index (χ0v) is 11.0. The molecule has 1 saturated carbocycles. The number of hydrogen-bond donors (Lipinski definition) is 3. The third kappa shape index (κ3) is 4.37. The molecule has 102 valence electrons. The average molecular weight is 261 g/mol. The van der Waals surface area contributed by atoms with E-state index >= 15 is 0 Å². The van der Waals surface area contributed by atoms with Crippen molar-refractivity contribution in [2.75, 3.05) is 18.4 Å². The van der Waals surface area contributed by atoms with E-state index in [1.807, 2.05) is 6.92 Å². The molecule has 1 aliphatic carbocycles. The molecule has 5 heteroatoms. The van der Waals surface area contributed by atoms with E-state index in [0.29, 0.717) is 23.8 Å². The number of benzene rings is 1. The van der Waals surface area contributed by atoms with Gasteiger partial charge in [-0.05, 0) is 43.7 Å². The number of anilines is 1. The Hall–Kier alpha value is -1.88. The van der Waals surface area contributed by atoms with E-state index < -0.39 is 0 Å². The Morgan fingerprint density at radius 2 is 1.89 bits per heavy atom. The molecule has 0 aliphatic heterocycles. The molecule has 1 aliphatic rings. The van der Waals surface area contributed by atoms with Gasteiger partial charge in [0.25, 0.3) is 5.91 Å². The molecule has 3 N–H and O–H groups in total. The van der Waals surface area contributed by atoms with E-state index in [1.165, 1.54) is 0 Å². The molecule has 0 unspecified atom stereocenters. The van der Waals surface area contributed by atoms with Crippen molar-refractivity contribution in [1.29, 1.82) is 0 Å². The van der Waals surface area contributed by atoms with E-state index in [-0.39, 0.29) is 11.8 Å². The minimum atomic E-state index is -0.0861. The second-order valence-electron chi connectivity index (χ2n) is 4.65. The largest absolute Gasteiger partial charge is 0.349 e. The third-order valence-electron chi connectivity index (χ3n) is 2.88. The van der Waals surface area contributed by atoms with E-state index in [0.717, 1.165) is 19.4 Å². The topological polar surface area (TPSA) is 70.2 Å². The monoisotopic (exact) mass is 261 g/mol. The molecule has 0 heterocycles. The molecule has 0 radical (unpaired) electrons. The molecule has 2 rings (SSSR count). The number of likely N-dealkylation sites (N-methyl/N-ethyl adjacent to an activating group) is 1. The molecule has 5 nitrogen and oxygen atoms in total. The van der Waals surface area contributed by atoms with Crippen molar-refractivity contribution >= 4 is 17.5 Å². The van der Waals surface area contributed by atoms with Gasteiger partial charge in [0.2, 0.25) is 5.91 Å². The van der Waals surface area contributed by atoms with Crippen LogP contribution in [0, 0.1) is 0 Å². The molecule has 1 fully saturated rings. The van der Waals surface area contributed by atoms with Gasteiger partial charge in [-0.1, -0.05) is 6.92 Å².